The summed E-state index contributed by atoms with van der Waals surface area (Å²) >= 11 is 0. The van der Waals surface area contributed by atoms with Crippen molar-refractivity contribution in [3.8, 4) is 17.6 Å². The van der Waals surface area contributed by atoms with Crippen molar-refractivity contribution in [2.24, 2.45) is 0 Å². The summed E-state index contributed by atoms with van der Waals surface area (Å²) < 4.78 is 40.2. The number of rotatable bonds is 9. The number of hydrogen-bond acceptors (Lipinski definition) is 9. The Kier molecular flexibility index (Phi) is 7.22. The van der Waals surface area contributed by atoms with E-state index in [4.69, 9.17) is 18.9 Å². The Morgan fingerprint density at radius 2 is 1.64 bits per heavy atom. The molecular weight excluding hydrogens is 452 g/mol. The lowest BCUT2D eigenvalue weighted by atomic mass is 10.2. The maximum atomic E-state index is 12.4. The number of carbonyl (C=O) groups excluding carboxylic acids is 1. The van der Waals surface area contributed by atoms with E-state index in [2.05, 4.69) is 0 Å². The zero-order valence-electron chi connectivity index (χ0n) is 16.9. The molecule has 0 bridgehead atoms. The predicted molar refractivity (Wildman–Crippen MR) is 114 cm³/mol. The minimum atomic E-state index is -4.31. The fraction of sp³-hybridized carbons (Fsp3) is 0.0909. The van der Waals surface area contributed by atoms with Gasteiger partial charge in [-0.1, -0.05) is 6.07 Å². The minimum absolute atomic E-state index is 0.0295. The van der Waals surface area contributed by atoms with Crippen LogP contribution in [0.25, 0.3) is 0 Å². The van der Waals surface area contributed by atoms with Gasteiger partial charge in [0.05, 0.1) is 22.1 Å². The molecule has 0 amide bonds. The molecule has 0 spiro atoms. The highest BCUT2D eigenvalue weighted by Crippen LogP contribution is 2.22. The van der Waals surface area contributed by atoms with Crippen molar-refractivity contribution in [2.75, 3.05) is 13.2 Å². The van der Waals surface area contributed by atoms with E-state index >= 15 is 0 Å². The predicted octanol–water partition coefficient (Wildman–Crippen LogP) is 3.47. The van der Waals surface area contributed by atoms with E-state index in [0.29, 0.717) is 11.3 Å². The van der Waals surface area contributed by atoms with Crippen LogP contribution in [0.15, 0.2) is 77.7 Å². The normalized spacial score (nSPS) is 10.6. The number of nitro groups is 1. The molecule has 3 aromatic rings. The minimum Gasteiger partial charge on any atom is -0.490 e. The Morgan fingerprint density at radius 3 is 2.27 bits per heavy atom. The van der Waals surface area contributed by atoms with E-state index in [1.54, 1.807) is 24.3 Å². The fourth-order valence-corrected chi connectivity index (χ4v) is 3.55. The molecule has 3 aromatic carbocycles. The van der Waals surface area contributed by atoms with Crippen LogP contribution in [0.3, 0.4) is 0 Å². The van der Waals surface area contributed by atoms with Crippen LogP contribution in [0, 0.1) is 21.4 Å². The van der Waals surface area contributed by atoms with Gasteiger partial charge >= 0.3 is 16.1 Å². The molecule has 0 radical (unpaired) electrons. The Balaban J connectivity index is 1.53. The summed E-state index contributed by atoms with van der Waals surface area (Å²) in [4.78, 5) is 21.9. The van der Waals surface area contributed by atoms with E-state index in [0.717, 1.165) is 12.1 Å². The van der Waals surface area contributed by atoms with Crippen molar-refractivity contribution in [1.82, 2.24) is 0 Å². The van der Waals surface area contributed by atoms with Crippen LogP contribution >= 0.6 is 0 Å². The van der Waals surface area contributed by atoms with Crippen LogP contribution in [0.4, 0.5) is 5.69 Å². The van der Waals surface area contributed by atoms with Crippen molar-refractivity contribution in [3.63, 3.8) is 0 Å². The maximum Gasteiger partial charge on any atom is 0.339 e. The van der Waals surface area contributed by atoms with E-state index in [1.807, 2.05) is 6.07 Å². The number of nitrogens with zero attached hydrogens (tertiary/aromatic N) is 2. The second-order valence-corrected chi connectivity index (χ2v) is 7.98. The first-order valence-electron chi connectivity index (χ1n) is 9.37. The average Bonchev–Trinajstić information content (AvgIpc) is 2.82. The number of esters is 1. The van der Waals surface area contributed by atoms with Crippen molar-refractivity contribution in [1.29, 1.82) is 5.26 Å². The summed E-state index contributed by atoms with van der Waals surface area (Å²) in [6.45, 7) is 0.0680. The first kappa shape index (κ1) is 23.2. The summed E-state index contributed by atoms with van der Waals surface area (Å²) in [7, 11) is -4.31. The van der Waals surface area contributed by atoms with Crippen molar-refractivity contribution < 1.29 is 31.8 Å². The summed E-state index contributed by atoms with van der Waals surface area (Å²) in [5.41, 5.74) is 0.272. The van der Waals surface area contributed by atoms with Gasteiger partial charge in [0.15, 0.2) is 0 Å². The van der Waals surface area contributed by atoms with Crippen LogP contribution in [0.1, 0.15) is 15.9 Å². The topological polar surface area (TPSA) is 146 Å². The molecule has 0 unspecified atom stereocenters. The average molecular weight is 468 g/mol. The van der Waals surface area contributed by atoms with Gasteiger partial charge in [-0.2, -0.15) is 13.7 Å². The molecule has 3 rings (SSSR count). The smallest absolute Gasteiger partial charge is 0.339 e. The highest BCUT2D eigenvalue weighted by atomic mass is 32.2. The lowest BCUT2D eigenvalue weighted by Gasteiger charge is -2.09. The third kappa shape index (κ3) is 6.28. The first-order valence-corrected chi connectivity index (χ1v) is 10.8. The molecule has 0 aliphatic carbocycles. The van der Waals surface area contributed by atoms with Gasteiger partial charge in [-0.05, 0) is 54.6 Å². The number of non-ortho nitro benzene ring substituents is 1. The second-order valence-electron chi connectivity index (χ2n) is 6.44. The van der Waals surface area contributed by atoms with Gasteiger partial charge in [0.1, 0.15) is 29.6 Å². The number of benzene rings is 3. The van der Waals surface area contributed by atoms with Gasteiger partial charge < -0.3 is 13.7 Å². The number of nitriles is 1. The summed E-state index contributed by atoms with van der Waals surface area (Å²) in [5.74, 6) is -0.203. The van der Waals surface area contributed by atoms with Crippen LogP contribution in [-0.4, -0.2) is 32.5 Å². The molecule has 0 fully saturated rings. The molecule has 11 heteroatoms. The van der Waals surface area contributed by atoms with Crippen LogP contribution < -0.4 is 8.92 Å². The van der Waals surface area contributed by atoms with E-state index in [9.17, 15) is 23.3 Å². The quantitative estimate of drug-likeness (QED) is 0.151. The highest BCUT2D eigenvalue weighted by molar-refractivity contribution is 7.87. The van der Waals surface area contributed by atoms with Gasteiger partial charge in [0, 0.05) is 12.1 Å². The summed E-state index contributed by atoms with van der Waals surface area (Å²) in [6, 6.07) is 18.1. The third-order valence-electron chi connectivity index (χ3n) is 4.18. The van der Waals surface area contributed by atoms with Crippen LogP contribution in [0.2, 0.25) is 0 Å². The van der Waals surface area contributed by atoms with Gasteiger partial charge in [0.2, 0.25) is 0 Å². The fourth-order valence-electron chi connectivity index (χ4n) is 2.58. The molecule has 0 saturated carbocycles. The van der Waals surface area contributed by atoms with Gasteiger partial charge in [-0.15, -0.1) is 0 Å². The number of nitro benzene ring substituents is 1. The van der Waals surface area contributed by atoms with Crippen molar-refractivity contribution in [3.05, 3.63) is 94.0 Å². The molecule has 0 saturated heterocycles. The van der Waals surface area contributed by atoms with Gasteiger partial charge in [-0.25, -0.2) is 4.79 Å². The number of ether oxygens (including phenoxy) is 2. The lowest BCUT2D eigenvalue weighted by Crippen LogP contribution is -2.13. The molecular formula is C22H16N2O8S. The monoisotopic (exact) mass is 468 g/mol. The molecule has 0 atom stereocenters. The summed E-state index contributed by atoms with van der Waals surface area (Å²) in [5, 5.41) is 19.6. The Morgan fingerprint density at radius 1 is 0.970 bits per heavy atom. The van der Waals surface area contributed by atoms with Crippen LogP contribution in [-0.2, 0) is 14.9 Å². The molecule has 0 aromatic heterocycles. The Bertz CT molecular complexity index is 1300. The molecule has 0 aliphatic heterocycles. The lowest BCUT2D eigenvalue weighted by molar-refractivity contribution is -0.385. The standard InChI is InChI=1S/C22H16N2O8S/c23-15-16-4-8-19(9-5-16)30-12-13-31-22(25)17-6-10-20(11-7-17)32-33(28,29)21-3-1-2-18(14-21)24(26)27/h1-11,14H,12-13H2. The summed E-state index contributed by atoms with van der Waals surface area (Å²) in [6.07, 6.45) is 0. The zero-order chi connectivity index (χ0) is 23.8. The molecule has 0 heterocycles. The molecule has 33 heavy (non-hydrogen) atoms. The molecule has 0 aliphatic rings. The molecule has 0 N–H and O–H groups in total. The maximum absolute atomic E-state index is 12.4. The van der Waals surface area contributed by atoms with Crippen molar-refractivity contribution in [2.45, 2.75) is 4.90 Å². The van der Waals surface area contributed by atoms with E-state index in [1.165, 1.54) is 36.4 Å². The number of carbonyl (C=O) groups is 1. The first-order chi connectivity index (χ1) is 15.8. The number of hydrogen-bond donors (Lipinski definition) is 0. The van der Waals surface area contributed by atoms with Gasteiger partial charge in [0.25, 0.3) is 5.69 Å². The van der Waals surface area contributed by atoms with E-state index in [-0.39, 0.29) is 35.1 Å². The van der Waals surface area contributed by atoms with E-state index < -0.39 is 21.0 Å². The zero-order valence-corrected chi connectivity index (χ0v) is 17.7. The Labute approximate surface area is 188 Å². The van der Waals surface area contributed by atoms with Crippen LogP contribution in [0.5, 0.6) is 11.5 Å². The van der Waals surface area contributed by atoms with Crippen molar-refractivity contribution >= 4 is 21.8 Å². The third-order valence-corrected chi connectivity index (χ3v) is 5.42. The van der Waals surface area contributed by atoms with Gasteiger partial charge in [-0.3, -0.25) is 10.1 Å². The SMILES string of the molecule is N#Cc1ccc(OCCOC(=O)c2ccc(OS(=O)(=O)c3cccc([N+](=O)[O-])c3)cc2)cc1. The highest BCUT2D eigenvalue weighted by Gasteiger charge is 2.20. The second kappa shape index (κ2) is 10.3. The molecule has 10 nitrogen and oxygen atoms in total. The largest absolute Gasteiger partial charge is 0.490 e. The molecule has 168 valence electrons. The Hall–Kier alpha value is -4.43.